The summed E-state index contributed by atoms with van der Waals surface area (Å²) in [5.41, 5.74) is 0.286. The molecule has 13 heteroatoms. The monoisotopic (exact) mass is 618 g/mol. The molecule has 0 aliphatic carbocycles. The number of thiazole rings is 1. The molecule has 3 aromatic heterocycles. The van der Waals surface area contributed by atoms with Gasteiger partial charge in [-0.25, -0.2) is 27.2 Å². The highest BCUT2D eigenvalue weighted by Crippen LogP contribution is 2.44. The maximum atomic E-state index is 13.5. The molecule has 218 valence electrons. The summed E-state index contributed by atoms with van der Waals surface area (Å²) in [5, 5.41) is 1.56. The number of carbonyl (C=O) groups excluding carboxylic acids is 1. The average molecular weight is 619 g/mol. The van der Waals surface area contributed by atoms with E-state index in [4.69, 9.17) is 25.8 Å². The number of amides is 1. The lowest BCUT2D eigenvalue weighted by Crippen LogP contribution is -2.39. The smallest absolute Gasteiger partial charge is 0.410 e. The number of ether oxygens (including phenoxy) is 3. The first-order valence-electron chi connectivity index (χ1n) is 12.9. The van der Waals surface area contributed by atoms with Crippen LogP contribution in [0, 0.1) is 6.92 Å². The fraction of sp³-hybridized carbons (Fsp3) is 0.393. The van der Waals surface area contributed by atoms with Gasteiger partial charge in [0, 0.05) is 49.6 Å². The Morgan fingerprint density at radius 3 is 2.56 bits per heavy atom. The molecule has 5 rings (SSSR count). The SMILES string of the molecule is COCOC1(c2ncc(-c3c(Cl)cnc4c3ccn4S(=O)(=O)c3ccc(C)cc3)s2)CCN(C(=O)OC(C)(C)C)C1. The van der Waals surface area contributed by atoms with Crippen molar-refractivity contribution in [3.8, 4) is 10.4 Å². The number of benzene rings is 1. The van der Waals surface area contributed by atoms with Crippen LogP contribution in [0.3, 0.4) is 0 Å². The zero-order valence-electron chi connectivity index (χ0n) is 23.4. The molecule has 1 saturated heterocycles. The van der Waals surface area contributed by atoms with Crippen LogP contribution in [0.2, 0.25) is 5.02 Å². The van der Waals surface area contributed by atoms with Crippen LogP contribution in [0.5, 0.6) is 0 Å². The minimum atomic E-state index is -3.89. The van der Waals surface area contributed by atoms with Gasteiger partial charge in [-0.05, 0) is 45.9 Å². The van der Waals surface area contributed by atoms with Crippen molar-refractivity contribution < 1.29 is 27.4 Å². The van der Waals surface area contributed by atoms with Gasteiger partial charge in [-0.1, -0.05) is 29.3 Å². The summed E-state index contributed by atoms with van der Waals surface area (Å²) < 4.78 is 45.0. The van der Waals surface area contributed by atoms with Crippen LogP contribution in [-0.2, 0) is 29.8 Å². The van der Waals surface area contributed by atoms with Gasteiger partial charge in [0.05, 0.1) is 21.3 Å². The van der Waals surface area contributed by atoms with Crippen LogP contribution in [0.15, 0.2) is 53.8 Å². The van der Waals surface area contributed by atoms with Crippen LogP contribution >= 0.6 is 22.9 Å². The lowest BCUT2D eigenvalue weighted by atomic mass is 10.0. The van der Waals surface area contributed by atoms with Gasteiger partial charge in [0.25, 0.3) is 10.0 Å². The lowest BCUT2D eigenvalue weighted by Gasteiger charge is -2.28. The molecule has 1 aromatic carbocycles. The van der Waals surface area contributed by atoms with E-state index in [2.05, 4.69) is 9.97 Å². The van der Waals surface area contributed by atoms with E-state index in [1.807, 2.05) is 27.7 Å². The van der Waals surface area contributed by atoms with Crippen molar-refractivity contribution in [1.82, 2.24) is 18.8 Å². The first-order valence-corrected chi connectivity index (χ1v) is 15.5. The number of nitrogens with zero attached hydrogens (tertiary/aromatic N) is 4. The Labute approximate surface area is 247 Å². The van der Waals surface area contributed by atoms with E-state index < -0.39 is 27.3 Å². The fourth-order valence-corrected chi connectivity index (χ4v) is 7.46. The van der Waals surface area contributed by atoms with Crippen molar-refractivity contribution in [3.63, 3.8) is 0 Å². The molecule has 4 aromatic rings. The van der Waals surface area contributed by atoms with Crippen LogP contribution in [0.4, 0.5) is 4.79 Å². The first-order chi connectivity index (χ1) is 19.3. The van der Waals surface area contributed by atoms with E-state index in [1.165, 1.54) is 30.8 Å². The van der Waals surface area contributed by atoms with Crippen molar-refractivity contribution in [1.29, 1.82) is 0 Å². The number of aryl methyl sites for hydroxylation is 1. The Morgan fingerprint density at radius 1 is 1.15 bits per heavy atom. The molecule has 41 heavy (non-hydrogen) atoms. The van der Waals surface area contributed by atoms with Crippen LogP contribution in [-0.4, -0.2) is 65.9 Å². The predicted molar refractivity (Wildman–Crippen MR) is 157 cm³/mol. The van der Waals surface area contributed by atoms with Crippen LogP contribution < -0.4 is 0 Å². The van der Waals surface area contributed by atoms with E-state index in [9.17, 15) is 13.2 Å². The highest BCUT2D eigenvalue weighted by molar-refractivity contribution is 7.90. The molecule has 1 fully saturated rings. The van der Waals surface area contributed by atoms with Gasteiger partial charge in [0.1, 0.15) is 23.0 Å². The Morgan fingerprint density at radius 2 is 1.88 bits per heavy atom. The molecule has 4 heterocycles. The molecule has 0 N–H and O–H groups in total. The summed E-state index contributed by atoms with van der Waals surface area (Å²) in [4.78, 5) is 24.3. The molecule has 0 bridgehead atoms. The maximum absolute atomic E-state index is 13.5. The number of likely N-dealkylation sites (tertiary alicyclic amines) is 1. The standard InChI is InChI=1S/C28H31ClN4O6S2/c1-18-6-8-19(9-7-18)41(35,36)33-12-10-20-23(21(29)14-30-24(20)33)22-15-31-25(40-22)28(38-17-37-5)11-13-32(16-28)26(34)39-27(2,3)4/h6-10,12,14-15H,11,13,16-17H2,1-5H3. The highest BCUT2D eigenvalue weighted by atomic mass is 35.5. The summed E-state index contributed by atoms with van der Waals surface area (Å²) in [7, 11) is -2.36. The number of halogens is 1. The Hall–Kier alpha value is -3.03. The highest BCUT2D eigenvalue weighted by Gasteiger charge is 2.46. The van der Waals surface area contributed by atoms with Gasteiger partial charge < -0.3 is 19.1 Å². The quantitative estimate of drug-likeness (QED) is 0.238. The van der Waals surface area contributed by atoms with Crippen molar-refractivity contribution >= 4 is 50.1 Å². The van der Waals surface area contributed by atoms with Crippen molar-refractivity contribution in [2.45, 2.75) is 50.2 Å². The molecule has 1 aliphatic rings. The molecule has 1 atom stereocenters. The molecular formula is C28H31ClN4O6S2. The van der Waals surface area contributed by atoms with E-state index >= 15 is 0 Å². The zero-order chi connectivity index (χ0) is 29.6. The normalized spacial score (nSPS) is 17.9. The summed E-state index contributed by atoms with van der Waals surface area (Å²) in [6, 6.07) is 8.34. The zero-order valence-corrected chi connectivity index (χ0v) is 25.8. The van der Waals surface area contributed by atoms with Crippen molar-refractivity contribution in [2.24, 2.45) is 0 Å². The number of fused-ring (bicyclic) bond motifs is 1. The fourth-order valence-electron chi connectivity index (χ4n) is 4.70. The molecule has 0 spiro atoms. The maximum Gasteiger partial charge on any atom is 0.410 e. The summed E-state index contributed by atoms with van der Waals surface area (Å²) >= 11 is 8.01. The van der Waals surface area contributed by atoms with Gasteiger partial charge in [-0.3, -0.25) is 0 Å². The molecule has 10 nitrogen and oxygen atoms in total. The van der Waals surface area contributed by atoms with Crippen LogP contribution in [0.25, 0.3) is 21.5 Å². The minimum Gasteiger partial charge on any atom is -0.444 e. The number of pyridine rings is 1. The van der Waals surface area contributed by atoms with Crippen molar-refractivity contribution in [3.05, 3.63) is 64.5 Å². The number of methoxy groups -OCH3 is 1. The molecular weight excluding hydrogens is 588 g/mol. The second-order valence-corrected chi connectivity index (χ2v) is 14.1. The minimum absolute atomic E-state index is 0.0110. The third-order valence-corrected chi connectivity index (χ3v) is 9.86. The summed E-state index contributed by atoms with van der Waals surface area (Å²) in [6.07, 6.45) is 4.67. The van der Waals surface area contributed by atoms with Gasteiger partial charge in [0.2, 0.25) is 0 Å². The molecule has 0 radical (unpaired) electrons. The van der Waals surface area contributed by atoms with E-state index in [0.717, 1.165) is 9.54 Å². The number of rotatable bonds is 7. The second kappa shape index (κ2) is 11.0. The van der Waals surface area contributed by atoms with Crippen LogP contribution in [0.1, 0.15) is 37.8 Å². The second-order valence-electron chi connectivity index (χ2n) is 10.9. The number of carbonyl (C=O) groups is 1. The van der Waals surface area contributed by atoms with Gasteiger partial charge in [-0.15, -0.1) is 11.3 Å². The largest absolute Gasteiger partial charge is 0.444 e. The topological polar surface area (TPSA) is 113 Å². The lowest BCUT2D eigenvalue weighted by molar-refractivity contribution is -0.129. The Balaban J connectivity index is 1.52. The van der Waals surface area contributed by atoms with Gasteiger partial charge in [-0.2, -0.15) is 0 Å². The van der Waals surface area contributed by atoms with Gasteiger partial charge >= 0.3 is 6.09 Å². The average Bonchev–Trinajstić information content (AvgIpc) is 3.66. The first kappa shape index (κ1) is 29.5. The third-order valence-electron chi connectivity index (χ3n) is 6.69. The summed E-state index contributed by atoms with van der Waals surface area (Å²) in [5.74, 6) is 0. The number of hydrogen-bond acceptors (Lipinski definition) is 9. The molecule has 1 unspecified atom stereocenters. The number of aromatic nitrogens is 3. The van der Waals surface area contributed by atoms with E-state index in [1.54, 1.807) is 41.4 Å². The molecule has 1 aliphatic heterocycles. The third kappa shape index (κ3) is 5.71. The number of hydrogen-bond donors (Lipinski definition) is 0. The van der Waals surface area contributed by atoms with Gasteiger partial charge in [0.15, 0.2) is 5.65 Å². The molecule has 0 saturated carbocycles. The Kier molecular flexibility index (Phi) is 7.90. The van der Waals surface area contributed by atoms with E-state index in [-0.39, 0.29) is 23.9 Å². The molecule has 1 amide bonds. The predicted octanol–water partition coefficient (Wildman–Crippen LogP) is 5.82. The van der Waals surface area contributed by atoms with E-state index in [0.29, 0.717) is 38.8 Å². The van der Waals surface area contributed by atoms with Crippen molar-refractivity contribution in [2.75, 3.05) is 27.0 Å². The Bertz CT molecular complexity index is 1690. The summed E-state index contributed by atoms with van der Waals surface area (Å²) in [6.45, 7) is 8.03.